The SMILES string of the molecule is CC(C)n1ncc(NC(C)(C)C(C)O)c(Br)c1=O. The quantitative estimate of drug-likeness (QED) is 0.893. The number of nitrogens with one attached hydrogen (secondary N) is 1. The van der Waals surface area contributed by atoms with Crippen LogP contribution in [0.25, 0.3) is 0 Å². The molecule has 1 aromatic rings. The van der Waals surface area contributed by atoms with Gasteiger partial charge in [-0.05, 0) is 50.5 Å². The van der Waals surface area contributed by atoms with E-state index in [0.717, 1.165) is 0 Å². The van der Waals surface area contributed by atoms with E-state index in [4.69, 9.17) is 0 Å². The minimum Gasteiger partial charge on any atom is -0.391 e. The van der Waals surface area contributed by atoms with E-state index < -0.39 is 11.6 Å². The molecule has 0 aromatic carbocycles. The highest BCUT2D eigenvalue weighted by Crippen LogP contribution is 2.23. The van der Waals surface area contributed by atoms with Crippen LogP contribution >= 0.6 is 15.9 Å². The van der Waals surface area contributed by atoms with E-state index >= 15 is 0 Å². The van der Waals surface area contributed by atoms with Crippen LogP contribution in [0, 0.1) is 0 Å². The largest absolute Gasteiger partial charge is 0.391 e. The van der Waals surface area contributed by atoms with Crippen LogP contribution in [-0.2, 0) is 0 Å². The van der Waals surface area contributed by atoms with Crippen molar-refractivity contribution >= 4 is 21.6 Å². The third-order valence-corrected chi connectivity index (χ3v) is 3.70. The van der Waals surface area contributed by atoms with Gasteiger partial charge in [0.1, 0.15) is 4.47 Å². The number of hydrogen-bond donors (Lipinski definition) is 2. The normalized spacial score (nSPS) is 13.8. The Labute approximate surface area is 115 Å². The van der Waals surface area contributed by atoms with Gasteiger partial charge in [0.15, 0.2) is 0 Å². The first kappa shape index (κ1) is 15.2. The monoisotopic (exact) mass is 317 g/mol. The zero-order chi connectivity index (χ0) is 14.1. The maximum Gasteiger partial charge on any atom is 0.283 e. The van der Waals surface area contributed by atoms with Crippen LogP contribution in [0.15, 0.2) is 15.5 Å². The van der Waals surface area contributed by atoms with Crippen molar-refractivity contribution < 1.29 is 5.11 Å². The highest BCUT2D eigenvalue weighted by Gasteiger charge is 2.25. The molecule has 0 radical (unpaired) electrons. The second kappa shape index (κ2) is 5.40. The summed E-state index contributed by atoms with van der Waals surface area (Å²) in [6.45, 7) is 9.21. The molecular weight excluding hydrogens is 298 g/mol. The summed E-state index contributed by atoms with van der Waals surface area (Å²) in [4.78, 5) is 12.0. The Bertz CT molecular complexity index is 481. The first-order valence-corrected chi connectivity index (χ1v) is 6.69. The Balaban J connectivity index is 3.15. The van der Waals surface area contributed by atoms with Gasteiger partial charge < -0.3 is 10.4 Å². The van der Waals surface area contributed by atoms with Crippen LogP contribution < -0.4 is 10.9 Å². The summed E-state index contributed by atoms with van der Waals surface area (Å²) in [5, 5.41) is 16.9. The van der Waals surface area contributed by atoms with Crippen LogP contribution in [0.2, 0.25) is 0 Å². The van der Waals surface area contributed by atoms with Gasteiger partial charge in [0, 0.05) is 0 Å². The first-order valence-electron chi connectivity index (χ1n) is 5.90. The lowest BCUT2D eigenvalue weighted by atomic mass is 9.98. The Morgan fingerprint density at radius 1 is 1.44 bits per heavy atom. The molecule has 0 aliphatic carbocycles. The Kier molecular flexibility index (Phi) is 4.55. The lowest BCUT2D eigenvalue weighted by Crippen LogP contribution is -2.42. The lowest BCUT2D eigenvalue weighted by Gasteiger charge is -2.30. The fraction of sp³-hybridized carbons (Fsp3) is 0.667. The number of anilines is 1. The second-order valence-electron chi connectivity index (χ2n) is 5.24. The number of aromatic nitrogens is 2. The molecule has 0 aliphatic rings. The molecule has 5 nitrogen and oxygen atoms in total. The number of aliphatic hydroxyl groups is 1. The molecule has 1 atom stereocenters. The van der Waals surface area contributed by atoms with Gasteiger partial charge in [-0.1, -0.05) is 0 Å². The van der Waals surface area contributed by atoms with E-state index in [-0.39, 0.29) is 11.6 Å². The standard InChI is InChI=1S/C12H20BrN3O2/c1-7(2)16-11(18)10(13)9(6-14-16)15-12(4,5)8(3)17/h6-8,15,17H,1-5H3. The molecule has 0 saturated heterocycles. The molecule has 0 saturated carbocycles. The molecule has 0 aliphatic heterocycles. The number of aliphatic hydroxyl groups excluding tert-OH is 1. The third kappa shape index (κ3) is 3.11. The van der Waals surface area contributed by atoms with Gasteiger partial charge in [-0.2, -0.15) is 5.10 Å². The average molecular weight is 318 g/mol. The van der Waals surface area contributed by atoms with Gasteiger partial charge in [-0.15, -0.1) is 0 Å². The molecule has 0 fully saturated rings. The summed E-state index contributed by atoms with van der Waals surface area (Å²) >= 11 is 3.28. The summed E-state index contributed by atoms with van der Waals surface area (Å²) in [7, 11) is 0. The number of hydrogen-bond acceptors (Lipinski definition) is 4. The molecular formula is C12H20BrN3O2. The van der Waals surface area contributed by atoms with Crippen molar-refractivity contribution in [2.75, 3.05) is 5.32 Å². The maximum atomic E-state index is 12.0. The van der Waals surface area contributed by atoms with E-state index in [9.17, 15) is 9.90 Å². The zero-order valence-electron chi connectivity index (χ0n) is 11.4. The summed E-state index contributed by atoms with van der Waals surface area (Å²) in [6, 6.07) is 0.00706. The molecule has 102 valence electrons. The summed E-state index contributed by atoms with van der Waals surface area (Å²) < 4.78 is 1.84. The highest BCUT2D eigenvalue weighted by molar-refractivity contribution is 9.10. The van der Waals surface area contributed by atoms with E-state index in [2.05, 4.69) is 26.3 Å². The molecule has 6 heteroatoms. The fourth-order valence-corrected chi connectivity index (χ4v) is 1.73. The van der Waals surface area contributed by atoms with Crippen molar-refractivity contribution in [3.63, 3.8) is 0 Å². The van der Waals surface area contributed by atoms with Gasteiger partial charge in [-0.25, -0.2) is 4.68 Å². The van der Waals surface area contributed by atoms with Crippen LogP contribution in [0.3, 0.4) is 0 Å². The summed E-state index contributed by atoms with van der Waals surface area (Å²) in [5.74, 6) is 0. The van der Waals surface area contributed by atoms with Crippen molar-refractivity contribution in [1.29, 1.82) is 0 Å². The first-order chi connectivity index (χ1) is 8.16. The molecule has 0 bridgehead atoms. The summed E-state index contributed by atoms with van der Waals surface area (Å²) in [5.41, 5.74) is -0.139. The Hall–Kier alpha value is -0.880. The summed E-state index contributed by atoms with van der Waals surface area (Å²) in [6.07, 6.45) is 1.03. The number of nitrogens with zero attached hydrogens (tertiary/aromatic N) is 2. The van der Waals surface area contributed by atoms with E-state index in [1.165, 1.54) is 4.68 Å². The average Bonchev–Trinajstić information content (AvgIpc) is 2.24. The van der Waals surface area contributed by atoms with Crippen molar-refractivity contribution in [3.8, 4) is 0 Å². The molecule has 1 rings (SSSR count). The van der Waals surface area contributed by atoms with Crippen molar-refractivity contribution in [2.45, 2.75) is 52.3 Å². The fourth-order valence-electron chi connectivity index (χ4n) is 1.35. The second-order valence-corrected chi connectivity index (χ2v) is 6.03. The number of rotatable bonds is 4. The van der Waals surface area contributed by atoms with E-state index in [1.54, 1.807) is 13.1 Å². The third-order valence-electron chi connectivity index (χ3n) is 2.93. The molecule has 2 N–H and O–H groups in total. The Morgan fingerprint density at radius 3 is 2.44 bits per heavy atom. The van der Waals surface area contributed by atoms with Crippen molar-refractivity contribution in [1.82, 2.24) is 9.78 Å². The van der Waals surface area contributed by atoms with Crippen molar-refractivity contribution in [2.24, 2.45) is 0 Å². The minimum absolute atomic E-state index is 0.00706. The molecule has 1 heterocycles. The van der Waals surface area contributed by atoms with Gasteiger partial charge >= 0.3 is 0 Å². The van der Waals surface area contributed by atoms with E-state index in [1.807, 2.05) is 27.7 Å². The van der Waals surface area contributed by atoms with Gasteiger partial charge in [-0.3, -0.25) is 4.79 Å². The van der Waals surface area contributed by atoms with E-state index in [0.29, 0.717) is 10.2 Å². The lowest BCUT2D eigenvalue weighted by molar-refractivity contribution is 0.133. The van der Waals surface area contributed by atoms with Crippen LogP contribution in [0.5, 0.6) is 0 Å². The van der Waals surface area contributed by atoms with Gasteiger partial charge in [0.05, 0.1) is 29.6 Å². The molecule has 0 amide bonds. The predicted octanol–water partition coefficient (Wildman–Crippen LogP) is 2.16. The molecule has 18 heavy (non-hydrogen) atoms. The van der Waals surface area contributed by atoms with Gasteiger partial charge in [0.25, 0.3) is 5.56 Å². The topological polar surface area (TPSA) is 67.2 Å². The molecule has 1 aromatic heterocycles. The van der Waals surface area contributed by atoms with Gasteiger partial charge in [0.2, 0.25) is 0 Å². The number of halogens is 1. The zero-order valence-corrected chi connectivity index (χ0v) is 12.9. The van der Waals surface area contributed by atoms with Crippen molar-refractivity contribution in [3.05, 3.63) is 21.0 Å². The minimum atomic E-state index is -0.558. The molecule has 1 unspecified atom stereocenters. The smallest absolute Gasteiger partial charge is 0.283 e. The van der Waals surface area contributed by atoms with Crippen LogP contribution in [0.4, 0.5) is 5.69 Å². The molecule has 0 spiro atoms. The predicted molar refractivity (Wildman–Crippen MR) is 76.0 cm³/mol. The highest BCUT2D eigenvalue weighted by atomic mass is 79.9. The maximum absolute atomic E-state index is 12.0. The Morgan fingerprint density at radius 2 is 2.00 bits per heavy atom. The van der Waals surface area contributed by atoms with Crippen LogP contribution in [0.1, 0.15) is 40.7 Å². The van der Waals surface area contributed by atoms with Crippen LogP contribution in [-0.4, -0.2) is 26.5 Å².